The highest BCUT2D eigenvalue weighted by Crippen LogP contribution is 2.41. The van der Waals surface area contributed by atoms with Crippen molar-refractivity contribution in [2.24, 2.45) is 5.73 Å². The fourth-order valence-corrected chi connectivity index (χ4v) is 13.2. The maximum absolute atomic E-state index is 13.2. The highest BCUT2D eigenvalue weighted by atomic mass is 32.2. The molecule has 0 saturated carbocycles. The summed E-state index contributed by atoms with van der Waals surface area (Å²) in [5, 5.41) is 21.4. The normalized spacial score (nSPS) is 20.3. The number of imide groups is 1. The number of hydrogen-bond donors (Lipinski definition) is 12. The molecule has 13 N–H and O–H groups in total. The van der Waals surface area contributed by atoms with Gasteiger partial charge in [-0.05, 0) is 101 Å². The van der Waals surface area contributed by atoms with E-state index in [-0.39, 0.29) is 108 Å². The van der Waals surface area contributed by atoms with Gasteiger partial charge >= 0.3 is 33.7 Å². The Bertz CT molecular complexity index is 2630. The SMILES string of the molecule is C.NCCCCCNC(=O)c1ccc(OP(=O)(O)O)c(CF)c1.O=C(CCCCC1SCC2NC(=O)NC21)NCCCCCNC(=O)c1ccc(OP(=O)(O)O)c(CF)c1.O=C1NC2CSC(CCCCC(=O)ON3C(=O)CCC3=O)C2N1. The van der Waals surface area contributed by atoms with Gasteiger partial charge in [-0.3, -0.25) is 43.5 Å². The summed E-state index contributed by atoms with van der Waals surface area (Å²) in [5.41, 5.74) is 5.50. The van der Waals surface area contributed by atoms with Crippen LogP contribution in [0, 0.1) is 0 Å². The minimum atomic E-state index is -4.83. The molecule has 2 aromatic carbocycles. The summed E-state index contributed by atoms with van der Waals surface area (Å²) in [4.78, 5) is 133. The molecule has 7 rings (SSSR count). The van der Waals surface area contributed by atoms with Crippen LogP contribution in [0.2, 0.25) is 0 Å². The van der Waals surface area contributed by atoms with Crippen molar-refractivity contribution in [2.45, 2.75) is 158 Å². The summed E-state index contributed by atoms with van der Waals surface area (Å²) in [7, 11) is -9.60. The quantitative estimate of drug-likeness (QED) is 0.0216. The molecule has 9 amide bonds. The van der Waals surface area contributed by atoms with Gasteiger partial charge in [-0.15, -0.1) is 5.06 Å². The summed E-state index contributed by atoms with van der Waals surface area (Å²) in [6.45, 7) is -0.00456. The first-order valence-electron chi connectivity index (χ1n) is 26.9. The van der Waals surface area contributed by atoms with Gasteiger partial charge in [-0.25, -0.2) is 32.3 Å². The van der Waals surface area contributed by atoms with Gasteiger partial charge in [0.2, 0.25) is 5.91 Å². The first kappa shape index (κ1) is 69.9. The molecular formula is C51H77F2N9O17P2S2. The van der Waals surface area contributed by atoms with Crippen LogP contribution < -0.4 is 52.0 Å². The van der Waals surface area contributed by atoms with Crippen LogP contribution in [-0.4, -0.2) is 145 Å². The number of urea groups is 2. The van der Waals surface area contributed by atoms with E-state index in [1.807, 2.05) is 23.5 Å². The maximum Gasteiger partial charge on any atom is 0.524 e. The Morgan fingerprint density at radius 1 is 0.614 bits per heavy atom. The molecule has 5 heterocycles. The summed E-state index contributed by atoms with van der Waals surface area (Å²) in [6, 6.07) is 7.95. The topological polar surface area (TPSA) is 393 Å². The molecule has 6 atom stereocenters. The van der Waals surface area contributed by atoms with E-state index in [1.54, 1.807) is 0 Å². The van der Waals surface area contributed by atoms with E-state index in [4.69, 9.17) is 30.1 Å². The van der Waals surface area contributed by atoms with Gasteiger partial charge in [-0.2, -0.15) is 23.5 Å². The van der Waals surface area contributed by atoms with E-state index in [2.05, 4.69) is 46.3 Å². The lowest BCUT2D eigenvalue weighted by molar-refractivity contribution is -0.197. The Labute approximate surface area is 488 Å². The van der Waals surface area contributed by atoms with Crippen LogP contribution in [0.5, 0.6) is 11.5 Å². The van der Waals surface area contributed by atoms with Crippen LogP contribution in [0.25, 0.3) is 0 Å². The predicted molar refractivity (Wildman–Crippen MR) is 304 cm³/mol. The third kappa shape index (κ3) is 24.1. The molecule has 6 unspecified atom stereocenters. The van der Waals surface area contributed by atoms with Crippen molar-refractivity contribution in [3.8, 4) is 11.5 Å². The fraction of sp³-hybridized carbons (Fsp3) is 0.608. The molecule has 5 saturated heterocycles. The Balaban J connectivity index is 0.000000280. The molecule has 32 heteroatoms. The zero-order valence-corrected chi connectivity index (χ0v) is 48.4. The number of carbonyl (C=O) groups is 8. The number of benzene rings is 2. The summed E-state index contributed by atoms with van der Waals surface area (Å²) in [5.74, 6) is -1.00. The lowest BCUT2D eigenvalue weighted by Gasteiger charge is -2.16. The monoisotopic (exact) mass is 1250 g/mol. The highest BCUT2D eigenvalue weighted by Gasteiger charge is 2.44. The van der Waals surface area contributed by atoms with Crippen LogP contribution >= 0.6 is 39.2 Å². The van der Waals surface area contributed by atoms with Gasteiger partial charge in [0.1, 0.15) is 24.8 Å². The molecule has 0 radical (unpaired) electrons. The second kappa shape index (κ2) is 35.0. The molecule has 0 aliphatic carbocycles. The average Bonchev–Trinajstić information content (AvgIpc) is 4.40. The largest absolute Gasteiger partial charge is 0.524 e. The Morgan fingerprint density at radius 2 is 1.05 bits per heavy atom. The van der Waals surface area contributed by atoms with Crippen LogP contribution in [0.3, 0.4) is 0 Å². The Kier molecular flexibility index (Phi) is 29.5. The molecule has 5 aliphatic rings. The third-order valence-electron chi connectivity index (χ3n) is 13.3. The predicted octanol–water partition coefficient (Wildman–Crippen LogP) is 4.81. The number of nitrogens with zero attached hydrogens (tertiary/aromatic N) is 1. The van der Waals surface area contributed by atoms with E-state index < -0.39 is 52.7 Å². The lowest BCUT2D eigenvalue weighted by atomic mass is 10.0. The highest BCUT2D eigenvalue weighted by molar-refractivity contribution is 8.00. The first-order valence-corrected chi connectivity index (χ1v) is 32.1. The minimum absolute atomic E-state index is 0. The van der Waals surface area contributed by atoms with Gasteiger partial charge in [0.25, 0.3) is 23.6 Å². The Hall–Kier alpha value is -5.58. The summed E-state index contributed by atoms with van der Waals surface area (Å²) in [6.07, 6.45) is 10.8. The zero-order chi connectivity index (χ0) is 59.8. The number of nitrogens with two attached hydrogens (primary N) is 1. The molecule has 26 nitrogen and oxygen atoms in total. The van der Waals surface area contributed by atoms with Crippen molar-refractivity contribution in [1.82, 2.24) is 42.3 Å². The van der Waals surface area contributed by atoms with Crippen molar-refractivity contribution >= 4 is 86.7 Å². The number of nitrogens with one attached hydrogen (secondary N) is 7. The van der Waals surface area contributed by atoms with E-state index in [1.165, 1.54) is 24.3 Å². The van der Waals surface area contributed by atoms with Crippen LogP contribution in [0.4, 0.5) is 18.4 Å². The van der Waals surface area contributed by atoms with E-state index in [9.17, 15) is 56.3 Å². The number of fused-ring (bicyclic) bond motifs is 2. The third-order valence-corrected chi connectivity index (χ3v) is 17.2. The molecular weight excluding hydrogens is 1170 g/mol. The molecule has 0 bridgehead atoms. The van der Waals surface area contributed by atoms with E-state index in [0.717, 1.165) is 87.8 Å². The van der Waals surface area contributed by atoms with Crippen molar-refractivity contribution in [1.29, 1.82) is 0 Å². The Morgan fingerprint density at radius 3 is 1.48 bits per heavy atom. The smallest absolute Gasteiger partial charge is 0.404 e. The lowest BCUT2D eigenvalue weighted by Crippen LogP contribution is -2.36. The standard InChI is InChI=1S/C23H34FN4O7PS.C14H19N3O5S.C13H20FN2O5P.CH4/c24-13-16-12-15(8-9-18(16)35-36(32,33)34)22(30)26-11-5-1-4-10-25-20(29)7-3-2-6-19-21-17(14-37-19)27-23(31)28-21;18-10-5-6-11(19)17(10)22-12(20)4-2-1-3-9-13-8(7-23-9)15-14(21)16-13;14-9-11-8-10(4-5-12(11)21-22(18,19)20)13(17)16-7-3-1-2-6-15;/h8-9,12,17,19,21H,1-7,10-11,13-14H2,(H,25,29)(H,26,30)(H2,27,28,31)(H2,32,33,34);8-9,13H,1-7H2,(H2,15,16,21);4-5,8H,1-3,6-7,9,15H2,(H,16,17)(H2,18,19,20);1H4. The van der Waals surface area contributed by atoms with E-state index >= 15 is 0 Å². The maximum atomic E-state index is 13.2. The second-order valence-corrected chi connectivity index (χ2v) is 24.5. The number of unbranched alkanes of at least 4 members (excludes halogenated alkanes) is 6. The number of phosphoric acid groups is 2. The first-order chi connectivity index (χ1) is 39.1. The summed E-state index contributed by atoms with van der Waals surface area (Å²) < 4.78 is 56.6. The van der Waals surface area contributed by atoms with E-state index in [0.29, 0.717) is 61.0 Å². The number of alkyl halides is 2. The van der Waals surface area contributed by atoms with Gasteiger partial charge in [0, 0.05) is 89.6 Å². The van der Waals surface area contributed by atoms with Crippen LogP contribution in [0.15, 0.2) is 36.4 Å². The number of carbonyl (C=O) groups excluding carboxylic acids is 8. The van der Waals surface area contributed by atoms with Gasteiger partial charge in [0.05, 0.1) is 24.2 Å². The number of phosphoric ester groups is 2. The number of hydrogen-bond acceptors (Lipinski definition) is 16. The molecule has 0 spiro atoms. The van der Waals surface area contributed by atoms with Crippen molar-refractivity contribution in [2.75, 3.05) is 37.7 Å². The summed E-state index contributed by atoms with van der Waals surface area (Å²) >= 11 is 3.70. The van der Waals surface area contributed by atoms with Crippen molar-refractivity contribution in [3.05, 3.63) is 58.7 Å². The average molecular weight is 1250 g/mol. The molecule has 5 fully saturated rings. The van der Waals surface area contributed by atoms with Crippen LogP contribution in [0.1, 0.15) is 142 Å². The van der Waals surface area contributed by atoms with Gasteiger partial charge < -0.3 is 56.8 Å². The molecule has 5 aliphatic heterocycles. The number of amides is 9. The zero-order valence-electron chi connectivity index (χ0n) is 45.0. The second-order valence-electron chi connectivity index (χ2n) is 19.6. The van der Waals surface area contributed by atoms with Gasteiger partial charge in [0.15, 0.2) is 0 Å². The van der Waals surface area contributed by atoms with Gasteiger partial charge in [-0.1, -0.05) is 26.7 Å². The number of rotatable bonds is 30. The number of hydroxylamine groups is 2. The minimum Gasteiger partial charge on any atom is -0.404 e. The molecule has 464 valence electrons. The number of thioether (sulfide) groups is 2. The molecule has 0 aromatic heterocycles. The van der Waals surface area contributed by atoms with Crippen LogP contribution in [-0.2, 0) is 46.5 Å². The molecule has 83 heavy (non-hydrogen) atoms. The number of halogens is 2. The van der Waals surface area contributed by atoms with Crippen molar-refractivity contribution in [3.63, 3.8) is 0 Å². The molecule has 2 aromatic rings. The fourth-order valence-electron chi connectivity index (χ4n) is 9.22. The van der Waals surface area contributed by atoms with Crippen molar-refractivity contribution < 1.29 is 89.7 Å².